The van der Waals surface area contributed by atoms with Crippen molar-refractivity contribution in [3.8, 4) is 0 Å². The SMILES string of the molecule is CC(C)(C)OC(=O)C[C@H]1CCCOC/C=C\[C@@H]2C[C@@]2(C(=O)NS(=O)(=O)C2CC2)NC(=O)[C@@H]2C[C@@H](OC(=O)N3Cc4cccc(F)c4C3)CN2C1=O.CC(C)(C)OC(=O)C[C@H]1CCCOCCC[C@@H]2C[C@@]2(C(=O)NS(=O)(=O)C2CC2)NC(=O)[C@@H]2C[C@@H](OC(=O)N3Cc4cccc(F)c4C3)CN2C1=O. The lowest BCUT2D eigenvalue weighted by atomic mass is 9.97. The van der Waals surface area contributed by atoms with Gasteiger partial charge >= 0.3 is 24.1 Å². The highest BCUT2D eigenvalue weighted by atomic mass is 32.2. The molecule has 102 heavy (non-hydrogen) atoms. The monoisotopic (exact) mass is 1470 g/mol. The molecule has 6 aliphatic heterocycles. The fourth-order valence-corrected chi connectivity index (χ4v) is 17.1. The highest BCUT2D eigenvalue weighted by Gasteiger charge is 2.64. The maximum Gasteiger partial charge on any atom is 0.410 e. The molecule has 4 saturated carbocycles. The largest absolute Gasteiger partial charge is 0.460 e. The first kappa shape index (κ1) is 75.3. The number of halogens is 2. The summed E-state index contributed by atoms with van der Waals surface area (Å²) in [6.07, 6.45) is 3.77. The molecule has 2 aromatic rings. The van der Waals surface area contributed by atoms with E-state index in [1.165, 1.54) is 31.7 Å². The number of fused-ring (bicyclic) bond motifs is 6. The number of hydrogen-bond acceptors (Lipinski definition) is 20. The quantitative estimate of drug-likeness (QED) is 0.122. The third-order valence-corrected chi connectivity index (χ3v) is 23.7. The van der Waals surface area contributed by atoms with Crippen LogP contribution in [0.2, 0.25) is 0 Å². The van der Waals surface area contributed by atoms with Gasteiger partial charge in [-0.1, -0.05) is 36.4 Å². The molecule has 3 saturated heterocycles. The van der Waals surface area contributed by atoms with Gasteiger partial charge in [-0.25, -0.2) is 35.2 Å². The molecule has 4 aliphatic carbocycles. The molecule has 0 spiro atoms. The summed E-state index contributed by atoms with van der Waals surface area (Å²) >= 11 is 0. The van der Waals surface area contributed by atoms with E-state index in [1.54, 1.807) is 78.0 Å². The van der Waals surface area contributed by atoms with Crippen molar-refractivity contribution in [3.63, 3.8) is 0 Å². The van der Waals surface area contributed by atoms with Gasteiger partial charge in [0.05, 0.1) is 56.1 Å². The van der Waals surface area contributed by atoms with E-state index in [9.17, 15) is 73.6 Å². The summed E-state index contributed by atoms with van der Waals surface area (Å²) in [6.45, 7) is 11.3. The molecule has 10 atom stereocenters. The number of rotatable bonds is 12. The minimum absolute atomic E-state index is 0.00291. The maximum absolute atomic E-state index is 14.4. The Bertz CT molecular complexity index is 3890. The second kappa shape index (κ2) is 30.1. The van der Waals surface area contributed by atoms with Crippen molar-refractivity contribution < 1.29 is 102 Å². The normalized spacial score (nSPS) is 28.9. The molecule has 7 fully saturated rings. The zero-order chi connectivity index (χ0) is 73.4. The van der Waals surface area contributed by atoms with Crippen molar-refractivity contribution in [1.29, 1.82) is 0 Å². The third kappa shape index (κ3) is 18.0. The van der Waals surface area contributed by atoms with E-state index in [2.05, 4.69) is 20.1 Å². The van der Waals surface area contributed by atoms with Crippen molar-refractivity contribution in [1.82, 2.24) is 39.7 Å². The second-order valence-corrected chi connectivity index (χ2v) is 34.4. The van der Waals surface area contributed by atoms with Crippen LogP contribution < -0.4 is 20.1 Å². The number of benzene rings is 2. The maximum atomic E-state index is 14.4. The minimum Gasteiger partial charge on any atom is -0.460 e. The first-order chi connectivity index (χ1) is 48.1. The van der Waals surface area contributed by atoms with Crippen LogP contribution >= 0.6 is 0 Å². The number of nitrogens with one attached hydrogen (secondary N) is 4. The third-order valence-electron chi connectivity index (χ3n) is 20.1. The lowest BCUT2D eigenvalue weighted by Crippen LogP contribution is -2.57. The molecule has 2 aromatic carbocycles. The van der Waals surface area contributed by atoms with Crippen LogP contribution in [-0.4, -0.2) is 193 Å². The van der Waals surface area contributed by atoms with E-state index in [-0.39, 0.29) is 110 Å². The predicted molar refractivity (Wildman–Crippen MR) is 357 cm³/mol. The van der Waals surface area contributed by atoms with Crippen molar-refractivity contribution in [2.45, 2.75) is 228 Å². The molecule has 4 N–H and O–H groups in total. The van der Waals surface area contributed by atoms with Gasteiger partial charge in [-0.3, -0.25) is 57.6 Å². The van der Waals surface area contributed by atoms with Crippen molar-refractivity contribution in [2.75, 3.05) is 39.5 Å². The molecule has 10 aliphatic rings. The minimum atomic E-state index is -3.94. The van der Waals surface area contributed by atoms with Crippen LogP contribution in [0.15, 0.2) is 48.6 Å². The van der Waals surface area contributed by atoms with Gasteiger partial charge in [0.25, 0.3) is 11.8 Å². The molecule has 0 aromatic heterocycles. The Morgan fingerprint density at radius 1 is 0.578 bits per heavy atom. The Balaban J connectivity index is 0.000000205. The Morgan fingerprint density at radius 2 is 1.01 bits per heavy atom. The van der Waals surface area contributed by atoms with E-state index < -0.39 is 166 Å². The number of carbonyl (C=O) groups is 10. The average molecular weight is 1470 g/mol. The first-order valence-electron chi connectivity index (χ1n) is 35.2. The Labute approximate surface area is 591 Å². The van der Waals surface area contributed by atoms with Gasteiger partial charge in [0.1, 0.15) is 58.2 Å². The molecule has 12 rings (SSSR count). The molecule has 0 unspecified atom stereocenters. The van der Waals surface area contributed by atoms with E-state index in [0.717, 1.165) is 0 Å². The van der Waals surface area contributed by atoms with Gasteiger partial charge in [-0.05, 0) is 148 Å². The molecule has 6 heterocycles. The standard InChI is InChI=1S/C35H47FN4O10S.C35H45FN4O10S/c2*1-34(2,3)50-29(41)15-21-8-5-13-48-14-6-9-23-17-35(23,32(44)38-51(46,47)25-11-12-25)37-30(42)28-16-24(19-40(28)31(21)43)49-33(45)39-18-22-7-4-10-27(36)26(22)20-39/h4,7,10,21,23-25,28H,5-6,8-9,11-20H2,1-3H3,(H,37,42)(H,38,44);4,6-7,9-10,21,23-25,28H,5,8,11-20H2,1-3H3,(H,37,42)(H,38,44)/b;9-6-/t2*21-,23-,24-,28+,35-/m11/s1. The second-order valence-electron chi connectivity index (χ2n) is 30.5. The molecule has 28 nitrogen and oxygen atoms in total. The zero-order valence-electron chi connectivity index (χ0n) is 58.3. The molecule has 8 amide bonds. The number of ether oxygens (including phenoxy) is 6. The Kier molecular flexibility index (Phi) is 22.2. The number of esters is 2. The van der Waals surface area contributed by atoms with E-state index in [4.69, 9.17) is 28.4 Å². The fraction of sp³-hybridized carbons (Fsp3) is 0.657. The van der Waals surface area contributed by atoms with Gasteiger partial charge in [0, 0.05) is 74.6 Å². The predicted octanol–water partition coefficient (Wildman–Crippen LogP) is 5.11. The zero-order valence-corrected chi connectivity index (χ0v) is 59.9. The Hall–Kier alpha value is -7.84. The van der Waals surface area contributed by atoms with Crippen molar-refractivity contribution in [3.05, 3.63) is 82.4 Å². The van der Waals surface area contributed by atoms with Crippen molar-refractivity contribution >= 4 is 79.6 Å². The molecule has 32 heteroatoms. The van der Waals surface area contributed by atoms with Crippen LogP contribution in [0.25, 0.3) is 0 Å². The number of sulfonamides is 2. The van der Waals surface area contributed by atoms with Gasteiger partial charge in [0.2, 0.25) is 43.7 Å². The van der Waals surface area contributed by atoms with Gasteiger partial charge in [-0.2, -0.15) is 0 Å². The van der Waals surface area contributed by atoms with Gasteiger partial charge < -0.3 is 48.9 Å². The average Bonchev–Trinajstić information content (AvgIpc) is 1.58. The summed E-state index contributed by atoms with van der Waals surface area (Å²) in [6, 6.07) is 6.78. The van der Waals surface area contributed by atoms with Crippen LogP contribution in [0, 0.1) is 35.3 Å². The summed E-state index contributed by atoms with van der Waals surface area (Å²) < 4.78 is 118. The topological polar surface area (TPSA) is 355 Å². The molecular formula is C70H92F2N8O20S2. The summed E-state index contributed by atoms with van der Waals surface area (Å²) in [4.78, 5) is 142. The lowest BCUT2D eigenvalue weighted by Gasteiger charge is -2.30. The van der Waals surface area contributed by atoms with Crippen LogP contribution in [-0.2, 0) is 113 Å². The number of hydrogen-bond donors (Lipinski definition) is 4. The first-order valence-corrected chi connectivity index (χ1v) is 38.3. The summed E-state index contributed by atoms with van der Waals surface area (Å²) in [7, 11) is -7.85. The molecule has 0 bridgehead atoms. The number of amides is 8. The Morgan fingerprint density at radius 3 is 1.45 bits per heavy atom. The highest BCUT2D eigenvalue weighted by molar-refractivity contribution is 7.91. The van der Waals surface area contributed by atoms with Gasteiger partial charge in [0.15, 0.2) is 0 Å². The molecule has 0 radical (unpaired) electrons. The molecular weight excluding hydrogens is 1370 g/mol. The number of carbonyl (C=O) groups excluding carboxylic acids is 10. The van der Waals surface area contributed by atoms with E-state index in [1.807, 2.05) is 0 Å². The fourth-order valence-electron chi connectivity index (χ4n) is 14.4. The van der Waals surface area contributed by atoms with Crippen LogP contribution in [0.1, 0.15) is 167 Å². The van der Waals surface area contributed by atoms with E-state index >= 15 is 0 Å². The van der Waals surface area contributed by atoms with Crippen LogP contribution in [0.4, 0.5) is 18.4 Å². The smallest absolute Gasteiger partial charge is 0.410 e. The van der Waals surface area contributed by atoms with Crippen LogP contribution in [0.5, 0.6) is 0 Å². The van der Waals surface area contributed by atoms with Gasteiger partial charge in [-0.15, -0.1) is 0 Å². The lowest BCUT2D eigenvalue weighted by molar-refractivity contribution is -0.159. The summed E-state index contributed by atoms with van der Waals surface area (Å²) in [5, 5.41) is 4.25. The summed E-state index contributed by atoms with van der Waals surface area (Å²) in [5.74, 6) is -8.91. The summed E-state index contributed by atoms with van der Waals surface area (Å²) in [5.41, 5.74) is -2.62. The van der Waals surface area contributed by atoms with Crippen molar-refractivity contribution in [2.24, 2.45) is 23.7 Å². The van der Waals surface area contributed by atoms with E-state index in [0.29, 0.717) is 86.8 Å². The molecule has 558 valence electrons. The number of nitrogens with zero attached hydrogens (tertiary/aromatic N) is 4. The highest BCUT2D eigenvalue weighted by Crippen LogP contribution is 2.49. The van der Waals surface area contributed by atoms with Crippen LogP contribution in [0.3, 0.4) is 0 Å².